The van der Waals surface area contributed by atoms with Gasteiger partial charge in [0.1, 0.15) is 16.9 Å². The van der Waals surface area contributed by atoms with Crippen LogP contribution in [0.1, 0.15) is 18.2 Å². The van der Waals surface area contributed by atoms with E-state index in [2.05, 4.69) is 16.0 Å². The number of anilines is 1. The van der Waals surface area contributed by atoms with Gasteiger partial charge in [-0.2, -0.15) is 0 Å². The van der Waals surface area contributed by atoms with Crippen molar-refractivity contribution in [1.82, 2.24) is 4.57 Å². The minimum Gasteiger partial charge on any atom is -0.497 e. The number of benzene rings is 2. The second kappa shape index (κ2) is 5.51. The molecule has 1 N–H and O–H groups in total. The molecule has 1 aliphatic rings. The molecular formula is C22H18N2O3. The van der Waals surface area contributed by atoms with E-state index in [1.54, 1.807) is 19.2 Å². The third-order valence-electron chi connectivity index (χ3n) is 5.29. The van der Waals surface area contributed by atoms with Crippen LogP contribution in [0, 0.1) is 0 Å². The molecule has 0 saturated carbocycles. The molecule has 5 heteroatoms. The lowest BCUT2D eigenvalue weighted by atomic mass is 9.86. The highest BCUT2D eigenvalue weighted by molar-refractivity contribution is 5.80. The SMILES string of the molecule is COc1ccc2oc(=O)c(C3(C)Nc4ccccc4-n4cccc43)cc2c1. The number of fused-ring (bicyclic) bond motifs is 4. The Balaban J connectivity index is 1.77. The van der Waals surface area contributed by atoms with Crippen LogP contribution < -0.4 is 15.7 Å². The molecule has 0 amide bonds. The molecule has 4 aromatic rings. The summed E-state index contributed by atoms with van der Waals surface area (Å²) in [5.41, 5.74) is 3.02. The molecular weight excluding hydrogens is 340 g/mol. The van der Waals surface area contributed by atoms with Crippen LogP contribution in [0.15, 0.2) is 76.1 Å². The van der Waals surface area contributed by atoms with Gasteiger partial charge >= 0.3 is 5.63 Å². The average molecular weight is 358 g/mol. The fourth-order valence-corrected chi connectivity index (χ4v) is 3.90. The third-order valence-corrected chi connectivity index (χ3v) is 5.29. The topological polar surface area (TPSA) is 56.4 Å². The van der Waals surface area contributed by atoms with Crippen molar-refractivity contribution in [3.05, 3.63) is 88.5 Å². The van der Waals surface area contributed by atoms with Crippen LogP contribution >= 0.6 is 0 Å². The predicted molar refractivity (Wildman–Crippen MR) is 105 cm³/mol. The maximum atomic E-state index is 12.9. The lowest BCUT2D eigenvalue weighted by Gasteiger charge is -2.37. The molecule has 0 radical (unpaired) electrons. The normalized spacial score (nSPS) is 17.9. The van der Waals surface area contributed by atoms with Crippen molar-refractivity contribution >= 4 is 16.7 Å². The van der Waals surface area contributed by atoms with Crippen LogP contribution in [0.2, 0.25) is 0 Å². The molecule has 0 bridgehead atoms. The van der Waals surface area contributed by atoms with Gasteiger partial charge in [0.05, 0.1) is 29.7 Å². The zero-order chi connectivity index (χ0) is 18.6. The number of methoxy groups -OCH3 is 1. The average Bonchev–Trinajstić information content (AvgIpc) is 3.18. The Kier molecular flexibility index (Phi) is 3.22. The molecule has 5 nitrogen and oxygen atoms in total. The second-order valence-electron chi connectivity index (χ2n) is 6.88. The highest BCUT2D eigenvalue weighted by atomic mass is 16.5. The first-order valence-electron chi connectivity index (χ1n) is 8.78. The summed E-state index contributed by atoms with van der Waals surface area (Å²) >= 11 is 0. The van der Waals surface area contributed by atoms with Crippen molar-refractivity contribution in [1.29, 1.82) is 0 Å². The Morgan fingerprint density at radius 1 is 1.07 bits per heavy atom. The van der Waals surface area contributed by atoms with Crippen LogP contribution in [0.5, 0.6) is 5.75 Å². The summed E-state index contributed by atoms with van der Waals surface area (Å²) in [7, 11) is 1.62. The van der Waals surface area contributed by atoms with E-state index in [1.165, 1.54) is 0 Å². The monoisotopic (exact) mass is 358 g/mol. The fraction of sp³-hybridized carbons (Fsp3) is 0.136. The number of ether oxygens (including phenoxy) is 1. The number of hydrogen-bond acceptors (Lipinski definition) is 4. The summed E-state index contributed by atoms with van der Waals surface area (Å²) in [5.74, 6) is 0.720. The van der Waals surface area contributed by atoms with E-state index in [-0.39, 0.29) is 5.63 Å². The van der Waals surface area contributed by atoms with Crippen LogP contribution in [0.4, 0.5) is 5.69 Å². The Hall–Kier alpha value is -3.47. The molecule has 0 aliphatic carbocycles. The van der Waals surface area contributed by atoms with Crippen LogP contribution in [0.25, 0.3) is 16.7 Å². The van der Waals surface area contributed by atoms with Gasteiger partial charge in [-0.3, -0.25) is 0 Å². The van der Waals surface area contributed by atoms with Crippen molar-refractivity contribution in [2.75, 3.05) is 12.4 Å². The molecule has 5 rings (SSSR count). The van der Waals surface area contributed by atoms with Gasteiger partial charge in [0.25, 0.3) is 0 Å². The van der Waals surface area contributed by atoms with Gasteiger partial charge in [-0.15, -0.1) is 0 Å². The van der Waals surface area contributed by atoms with Gasteiger partial charge in [-0.05, 0) is 55.5 Å². The first kappa shape index (κ1) is 15.8. The number of hydrogen-bond donors (Lipinski definition) is 1. The smallest absolute Gasteiger partial charge is 0.342 e. The zero-order valence-corrected chi connectivity index (χ0v) is 15.0. The van der Waals surface area contributed by atoms with Crippen molar-refractivity contribution in [2.45, 2.75) is 12.5 Å². The summed E-state index contributed by atoms with van der Waals surface area (Å²) < 4.78 is 13.1. The van der Waals surface area contributed by atoms with E-state index in [9.17, 15) is 4.79 Å². The standard InChI is InChI=1S/C22H18N2O3/c1-22(16-13-14-12-15(26-2)9-10-19(14)27-21(16)25)20-8-5-11-24(20)18-7-4-3-6-17(18)23-22/h3-13,23H,1-2H3. The second-order valence-corrected chi connectivity index (χ2v) is 6.88. The van der Waals surface area contributed by atoms with Crippen LogP contribution in [-0.2, 0) is 5.54 Å². The summed E-state index contributed by atoms with van der Waals surface area (Å²) in [5, 5.41) is 4.38. The maximum absolute atomic E-state index is 12.9. The number of nitrogens with one attached hydrogen (secondary N) is 1. The third kappa shape index (κ3) is 2.21. The van der Waals surface area contributed by atoms with E-state index in [0.717, 1.165) is 28.2 Å². The van der Waals surface area contributed by atoms with Crippen molar-refractivity contribution < 1.29 is 9.15 Å². The number of rotatable bonds is 2. The van der Waals surface area contributed by atoms with Gasteiger partial charge in [-0.1, -0.05) is 12.1 Å². The molecule has 134 valence electrons. The van der Waals surface area contributed by atoms with E-state index >= 15 is 0 Å². The Bertz CT molecular complexity index is 1240. The van der Waals surface area contributed by atoms with E-state index in [1.807, 2.05) is 55.6 Å². The molecule has 3 heterocycles. The molecule has 1 unspecified atom stereocenters. The number of nitrogens with zero attached hydrogens (tertiary/aromatic N) is 1. The van der Waals surface area contributed by atoms with Crippen LogP contribution in [-0.4, -0.2) is 11.7 Å². The number of aromatic nitrogens is 1. The largest absolute Gasteiger partial charge is 0.497 e. The van der Waals surface area contributed by atoms with E-state index in [4.69, 9.17) is 9.15 Å². The van der Waals surface area contributed by atoms with Gasteiger partial charge < -0.3 is 19.0 Å². The maximum Gasteiger partial charge on any atom is 0.342 e. The molecule has 1 atom stereocenters. The lowest BCUT2D eigenvalue weighted by Crippen LogP contribution is -2.42. The summed E-state index contributed by atoms with van der Waals surface area (Å²) in [6.45, 7) is 2.01. The summed E-state index contributed by atoms with van der Waals surface area (Å²) in [6, 6.07) is 19.4. The van der Waals surface area contributed by atoms with E-state index in [0.29, 0.717) is 11.1 Å². The highest BCUT2D eigenvalue weighted by Gasteiger charge is 2.38. The quantitative estimate of drug-likeness (QED) is 0.544. The van der Waals surface area contributed by atoms with Crippen molar-refractivity contribution in [3.63, 3.8) is 0 Å². The molecule has 0 saturated heterocycles. The minimum absolute atomic E-state index is 0.352. The molecule has 2 aromatic heterocycles. The summed E-state index contributed by atoms with van der Waals surface area (Å²) in [6.07, 6.45) is 2.01. The zero-order valence-electron chi connectivity index (χ0n) is 15.0. The first-order valence-corrected chi connectivity index (χ1v) is 8.78. The summed E-state index contributed by atoms with van der Waals surface area (Å²) in [4.78, 5) is 12.9. The minimum atomic E-state index is -0.726. The first-order chi connectivity index (χ1) is 13.1. The van der Waals surface area contributed by atoms with Gasteiger partial charge in [0.2, 0.25) is 0 Å². The fourth-order valence-electron chi connectivity index (χ4n) is 3.90. The lowest BCUT2D eigenvalue weighted by molar-refractivity contribution is 0.415. The Morgan fingerprint density at radius 3 is 2.78 bits per heavy atom. The molecule has 27 heavy (non-hydrogen) atoms. The van der Waals surface area contributed by atoms with Crippen LogP contribution in [0.3, 0.4) is 0 Å². The van der Waals surface area contributed by atoms with E-state index < -0.39 is 5.54 Å². The number of para-hydroxylation sites is 2. The van der Waals surface area contributed by atoms with Crippen molar-refractivity contribution in [2.24, 2.45) is 0 Å². The molecule has 1 aliphatic heterocycles. The highest BCUT2D eigenvalue weighted by Crippen LogP contribution is 2.40. The Labute approximate surface area is 155 Å². The predicted octanol–water partition coefficient (Wildman–Crippen LogP) is 4.28. The van der Waals surface area contributed by atoms with Gasteiger partial charge in [0.15, 0.2) is 0 Å². The van der Waals surface area contributed by atoms with Gasteiger partial charge in [-0.25, -0.2) is 4.79 Å². The molecule has 0 spiro atoms. The van der Waals surface area contributed by atoms with Crippen molar-refractivity contribution in [3.8, 4) is 11.4 Å². The Morgan fingerprint density at radius 2 is 1.93 bits per heavy atom. The molecule has 2 aromatic carbocycles. The van der Waals surface area contributed by atoms with Gasteiger partial charge in [0, 0.05) is 11.6 Å². The molecule has 0 fully saturated rings.